The van der Waals surface area contributed by atoms with Gasteiger partial charge in [-0.3, -0.25) is 0 Å². The van der Waals surface area contributed by atoms with Gasteiger partial charge in [0.1, 0.15) is 5.82 Å². The van der Waals surface area contributed by atoms with Crippen LogP contribution in [0.15, 0.2) is 41.0 Å². The number of aromatic nitrogens is 1. The largest absolute Gasteiger partial charge is 0.338 e. The predicted octanol–water partition coefficient (Wildman–Crippen LogP) is 3.59. The zero-order chi connectivity index (χ0) is 10.1. The van der Waals surface area contributed by atoms with E-state index in [0.717, 1.165) is 15.9 Å². The quantitative estimate of drug-likeness (QED) is 0.732. The molecule has 0 aliphatic heterocycles. The van der Waals surface area contributed by atoms with Gasteiger partial charge in [0.15, 0.2) is 0 Å². The van der Waals surface area contributed by atoms with E-state index < -0.39 is 0 Å². The summed E-state index contributed by atoms with van der Waals surface area (Å²) in [7, 11) is 1.96. The Kier molecular flexibility index (Phi) is 2.42. The van der Waals surface area contributed by atoms with Gasteiger partial charge < -0.3 is 4.57 Å². The summed E-state index contributed by atoms with van der Waals surface area (Å²) >= 11 is 3.42. The first-order valence-electron chi connectivity index (χ1n) is 4.25. The van der Waals surface area contributed by atoms with Crippen molar-refractivity contribution >= 4 is 15.9 Å². The van der Waals surface area contributed by atoms with Crippen molar-refractivity contribution < 1.29 is 4.39 Å². The van der Waals surface area contributed by atoms with Gasteiger partial charge in [0.25, 0.3) is 0 Å². The van der Waals surface area contributed by atoms with Crippen LogP contribution >= 0.6 is 15.9 Å². The minimum absolute atomic E-state index is 0.206. The van der Waals surface area contributed by atoms with Crippen molar-refractivity contribution in [3.05, 3.63) is 46.8 Å². The van der Waals surface area contributed by atoms with Crippen molar-refractivity contribution in [2.75, 3.05) is 0 Å². The highest BCUT2D eigenvalue weighted by molar-refractivity contribution is 9.10. The maximum atomic E-state index is 12.7. The Balaban J connectivity index is 2.49. The van der Waals surface area contributed by atoms with Crippen LogP contribution in [0.3, 0.4) is 0 Å². The molecular formula is C11H9BrFN. The fourth-order valence-electron chi connectivity index (χ4n) is 1.40. The summed E-state index contributed by atoms with van der Waals surface area (Å²) < 4.78 is 15.7. The third kappa shape index (κ3) is 1.60. The summed E-state index contributed by atoms with van der Waals surface area (Å²) in [6.07, 6.45) is 0. The molecule has 1 heterocycles. The van der Waals surface area contributed by atoms with Crippen molar-refractivity contribution in [1.29, 1.82) is 0 Å². The van der Waals surface area contributed by atoms with Crippen molar-refractivity contribution in [2.24, 2.45) is 7.05 Å². The van der Waals surface area contributed by atoms with E-state index in [1.54, 1.807) is 12.1 Å². The van der Waals surface area contributed by atoms with E-state index in [0.29, 0.717) is 0 Å². The van der Waals surface area contributed by atoms with Crippen LogP contribution in [0.2, 0.25) is 0 Å². The molecule has 1 nitrogen and oxygen atoms in total. The lowest BCUT2D eigenvalue weighted by atomic mass is 10.1. The van der Waals surface area contributed by atoms with Crippen molar-refractivity contribution in [1.82, 2.24) is 4.57 Å². The molecule has 0 radical (unpaired) electrons. The fourth-order valence-corrected chi connectivity index (χ4v) is 1.72. The molecule has 0 bridgehead atoms. The lowest BCUT2D eigenvalue weighted by molar-refractivity contribution is 0.628. The first-order valence-corrected chi connectivity index (χ1v) is 5.05. The Morgan fingerprint density at radius 3 is 2.21 bits per heavy atom. The number of nitrogens with zero attached hydrogens (tertiary/aromatic N) is 1. The van der Waals surface area contributed by atoms with E-state index in [9.17, 15) is 4.39 Å². The maximum absolute atomic E-state index is 12.7. The third-order valence-corrected chi connectivity index (χ3v) is 3.00. The molecule has 72 valence electrons. The second kappa shape index (κ2) is 3.58. The van der Waals surface area contributed by atoms with Crippen LogP contribution in [-0.2, 0) is 7.05 Å². The van der Waals surface area contributed by atoms with Gasteiger partial charge in [0.05, 0.1) is 4.60 Å². The lowest BCUT2D eigenvalue weighted by Gasteiger charge is -2.04. The first-order chi connectivity index (χ1) is 6.68. The minimum Gasteiger partial charge on any atom is -0.338 e. The van der Waals surface area contributed by atoms with Crippen molar-refractivity contribution in [3.63, 3.8) is 0 Å². The number of hydrogen-bond donors (Lipinski definition) is 0. The van der Waals surface area contributed by atoms with E-state index in [-0.39, 0.29) is 5.82 Å². The van der Waals surface area contributed by atoms with Crippen LogP contribution in [-0.4, -0.2) is 4.57 Å². The molecule has 14 heavy (non-hydrogen) atoms. The summed E-state index contributed by atoms with van der Waals surface area (Å²) in [5.74, 6) is -0.206. The van der Waals surface area contributed by atoms with E-state index in [1.165, 1.54) is 12.1 Å². The lowest BCUT2D eigenvalue weighted by Crippen LogP contribution is -1.91. The number of halogens is 2. The highest BCUT2D eigenvalue weighted by Crippen LogP contribution is 2.24. The number of benzene rings is 1. The SMILES string of the molecule is Cn1c(Br)ccc1-c1ccc(F)cc1. The predicted molar refractivity (Wildman–Crippen MR) is 58.5 cm³/mol. The average molecular weight is 254 g/mol. The Labute approximate surface area is 90.3 Å². The Bertz CT molecular complexity index is 445. The highest BCUT2D eigenvalue weighted by Gasteiger charge is 2.04. The fraction of sp³-hybridized carbons (Fsp3) is 0.0909. The Morgan fingerprint density at radius 1 is 1.07 bits per heavy atom. The van der Waals surface area contributed by atoms with Gasteiger partial charge >= 0.3 is 0 Å². The molecular weight excluding hydrogens is 245 g/mol. The molecule has 2 rings (SSSR count). The van der Waals surface area contributed by atoms with Gasteiger partial charge in [0.2, 0.25) is 0 Å². The molecule has 2 aromatic rings. The number of hydrogen-bond acceptors (Lipinski definition) is 0. The molecule has 0 spiro atoms. The zero-order valence-electron chi connectivity index (χ0n) is 7.67. The molecule has 0 unspecified atom stereocenters. The van der Waals surface area contributed by atoms with Gasteiger partial charge in [-0.15, -0.1) is 0 Å². The molecule has 0 amide bonds. The smallest absolute Gasteiger partial charge is 0.123 e. The summed E-state index contributed by atoms with van der Waals surface area (Å²) in [5, 5.41) is 0. The maximum Gasteiger partial charge on any atom is 0.123 e. The molecule has 3 heteroatoms. The van der Waals surface area contributed by atoms with Gasteiger partial charge in [0, 0.05) is 12.7 Å². The molecule has 0 saturated heterocycles. The van der Waals surface area contributed by atoms with E-state index in [1.807, 2.05) is 23.7 Å². The normalized spacial score (nSPS) is 10.5. The molecule has 0 aliphatic carbocycles. The molecule has 1 aromatic heterocycles. The summed E-state index contributed by atoms with van der Waals surface area (Å²) in [5.41, 5.74) is 2.08. The van der Waals surface area contributed by atoms with E-state index in [4.69, 9.17) is 0 Å². The van der Waals surface area contributed by atoms with Crippen LogP contribution < -0.4 is 0 Å². The first kappa shape index (κ1) is 9.46. The van der Waals surface area contributed by atoms with Gasteiger partial charge in [-0.2, -0.15) is 0 Å². The van der Waals surface area contributed by atoms with Crippen LogP contribution in [0.4, 0.5) is 4.39 Å². The van der Waals surface area contributed by atoms with Gasteiger partial charge in [-0.1, -0.05) is 0 Å². The van der Waals surface area contributed by atoms with Crippen LogP contribution in [0.25, 0.3) is 11.3 Å². The van der Waals surface area contributed by atoms with E-state index >= 15 is 0 Å². The Morgan fingerprint density at radius 2 is 1.71 bits per heavy atom. The summed E-state index contributed by atoms with van der Waals surface area (Å²) in [4.78, 5) is 0. The second-order valence-electron chi connectivity index (χ2n) is 3.11. The van der Waals surface area contributed by atoms with Crippen LogP contribution in [0.5, 0.6) is 0 Å². The molecule has 0 N–H and O–H groups in total. The zero-order valence-corrected chi connectivity index (χ0v) is 9.25. The summed E-state index contributed by atoms with van der Waals surface area (Å²) in [6.45, 7) is 0. The van der Waals surface area contributed by atoms with Gasteiger partial charge in [-0.05, 0) is 57.9 Å². The van der Waals surface area contributed by atoms with E-state index in [2.05, 4.69) is 15.9 Å². The van der Waals surface area contributed by atoms with Crippen LogP contribution in [0, 0.1) is 5.82 Å². The monoisotopic (exact) mass is 253 g/mol. The Hall–Kier alpha value is -1.09. The topological polar surface area (TPSA) is 4.93 Å². The highest BCUT2D eigenvalue weighted by atomic mass is 79.9. The van der Waals surface area contributed by atoms with Crippen molar-refractivity contribution in [2.45, 2.75) is 0 Å². The molecule has 0 aliphatic rings. The summed E-state index contributed by atoms with van der Waals surface area (Å²) in [6, 6.07) is 10.5. The molecule has 0 atom stereocenters. The minimum atomic E-state index is -0.206. The van der Waals surface area contributed by atoms with Crippen LogP contribution in [0.1, 0.15) is 0 Å². The third-order valence-electron chi connectivity index (χ3n) is 2.20. The van der Waals surface area contributed by atoms with Crippen molar-refractivity contribution in [3.8, 4) is 11.3 Å². The molecule has 0 fully saturated rings. The molecule has 1 aromatic carbocycles. The standard InChI is InChI=1S/C11H9BrFN/c1-14-10(6-7-11(14)12)8-2-4-9(13)5-3-8/h2-7H,1H3. The average Bonchev–Trinajstić information content (AvgIpc) is 2.50. The molecule has 0 saturated carbocycles. The second-order valence-corrected chi connectivity index (χ2v) is 3.92. The van der Waals surface area contributed by atoms with Gasteiger partial charge in [-0.25, -0.2) is 4.39 Å². The number of rotatable bonds is 1.